The first-order valence-electron chi connectivity index (χ1n) is 4.43. The Balaban J connectivity index is 2.47. The van der Waals surface area contributed by atoms with Crippen LogP contribution in [0.15, 0.2) is 30.3 Å². The average Bonchev–Trinajstić information content (AvgIpc) is 2.26. The smallest absolute Gasteiger partial charge is 0.322 e. The van der Waals surface area contributed by atoms with Crippen LogP contribution < -0.4 is 11.1 Å². The second kappa shape index (κ2) is 5.11. The number of amides is 1. The maximum atomic E-state index is 11.4. The zero-order chi connectivity index (χ0) is 11.3. The largest absolute Gasteiger partial charge is 0.480 e. The molecule has 0 aliphatic heterocycles. The van der Waals surface area contributed by atoms with E-state index in [0.29, 0.717) is 5.56 Å². The summed E-state index contributed by atoms with van der Waals surface area (Å²) in [6.45, 7) is -0.0803. The Labute approximate surface area is 86.9 Å². The monoisotopic (exact) mass is 208 g/mol. The third-order valence-corrected chi connectivity index (χ3v) is 1.84. The normalized spacial score (nSPS) is 11.8. The minimum Gasteiger partial charge on any atom is -0.480 e. The van der Waals surface area contributed by atoms with Crippen LogP contribution in [0.2, 0.25) is 0 Å². The average molecular weight is 208 g/mol. The molecule has 0 bridgehead atoms. The number of nitrogens with two attached hydrogens (primary N) is 1. The lowest BCUT2D eigenvalue weighted by Crippen LogP contribution is -2.42. The van der Waals surface area contributed by atoms with Gasteiger partial charge in [-0.3, -0.25) is 9.59 Å². The van der Waals surface area contributed by atoms with Gasteiger partial charge >= 0.3 is 5.97 Å². The molecule has 0 saturated carbocycles. The topological polar surface area (TPSA) is 92.4 Å². The van der Waals surface area contributed by atoms with E-state index in [2.05, 4.69) is 5.32 Å². The summed E-state index contributed by atoms with van der Waals surface area (Å²) in [7, 11) is 0. The highest BCUT2D eigenvalue weighted by Crippen LogP contribution is 1.97. The Kier molecular flexibility index (Phi) is 3.82. The van der Waals surface area contributed by atoms with Crippen LogP contribution in [0, 0.1) is 0 Å². The van der Waals surface area contributed by atoms with Gasteiger partial charge in [0.15, 0.2) is 0 Å². The molecule has 0 aliphatic carbocycles. The molecule has 15 heavy (non-hydrogen) atoms. The van der Waals surface area contributed by atoms with E-state index in [4.69, 9.17) is 10.8 Å². The van der Waals surface area contributed by atoms with Crippen LogP contribution in [0.1, 0.15) is 10.4 Å². The zero-order valence-corrected chi connectivity index (χ0v) is 8.01. The van der Waals surface area contributed by atoms with Crippen molar-refractivity contribution in [3.63, 3.8) is 0 Å². The molecule has 0 aromatic heterocycles. The van der Waals surface area contributed by atoms with Crippen LogP contribution in [0.4, 0.5) is 0 Å². The van der Waals surface area contributed by atoms with Gasteiger partial charge in [-0.1, -0.05) is 18.2 Å². The van der Waals surface area contributed by atoms with Gasteiger partial charge < -0.3 is 16.2 Å². The van der Waals surface area contributed by atoms with Crippen molar-refractivity contribution in [3.05, 3.63) is 35.9 Å². The standard InChI is InChI=1S/C10H12N2O3/c11-8(10(14)15)6-12-9(13)7-4-2-1-3-5-7/h1-5,8H,6,11H2,(H,12,13)(H,14,15). The maximum absolute atomic E-state index is 11.4. The maximum Gasteiger partial charge on any atom is 0.322 e. The van der Waals surface area contributed by atoms with E-state index >= 15 is 0 Å². The highest BCUT2D eigenvalue weighted by atomic mass is 16.4. The molecule has 5 heteroatoms. The van der Waals surface area contributed by atoms with Gasteiger partial charge in [-0.25, -0.2) is 0 Å². The lowest BCUT2D eigenvalue weighted by molar-refractivity contribution is -0.138. The van der Waals surface area contributed by atoms with E-state index in [1.54, 1.807) is 30.3 Å². The fraction of sp³-hybridized carbons (Fsp3) is 0.200. The van der Waals surface area contributed by atoms with E-state index in [-0.39, 0.29) is 12.5 Å². The molecule has 1 aromatic rings. The van der Waals surface area contributed by atoms with Gasteiger partial charge in [0.2, 0.25) is 0 Å². The molecule has 1 atom stereocenters. The third-order valence-electron chi connectivity index (χ3n) is 1.84. The van der Waals surface area contributed by atoms with E-state index in [9.17, 15) is 9.59 Å². The number of benzene rings is 1. The Morgan fingerprint density at radius 3 is 2.47 bits per heavy atom. The molecule has 0 aliphatic rings. The van der Waals surface area contributed by atoms with Gasteiger partial charge in [0.1, 0.15) is 6.04 Å². The molecule has 5 nitrogen and oxygen atoms in total. The molecule has 1 amide bonds. The number of hydrogen-bond donors (Lipinski definition) is 3. The predicted molar refractivity (Wildman–Crippen MR) is 54.4 cm³/mol. The third kappa shape index (κ3) is 3.40. The van der Waals surface area contributed by atoms with Crippen LogP contribution in [-0.4, -0.2) is 29.6 Å². The lowest BCUT2D eigenvalue weighted by Gasteiger charge is -2.08. The van der Waals surface area contributed by atoms with Crippen LogP contribution in [-0.2, 0) is 4.79 Å². The van der Waals surface area contributed by atoms with Gasteiger partial charge in [-0.15, -0.1) is 0 Å². The second-order valence-electron chi connectivity index (χ2n) is 3.02. The molecule has 80 valence electrons. The van der Waals surface area contributed by atoms with Crippen molar-refractivity contribution in [2.24, 2.45) is 5.73 Å². The Bertz CT molecular complexity index is 351. The predicted octanol–water partition coefficient (Wildman–Crippen LogP) is -0.172. The number of aliphatic carboxylic acids is 1. The summed E-state index contributed by atoms with van der Waals surface area (Å²) in [4.78, 5) is 21.8. The first-order valence-corrected chi connectivity index (χ1v) is 4.43. The van der Waals surface area contributed by atoms with Crippen LogP contribution in [0.25, 0.3) is 0 Å². The molecule has 0 spiro atoms. The Morgan fingerprint density at radius 1 is 1.33 bits per heavy atom. The van der Waals surface area contributed by atoms with Crippen molar-refractivity contribution in [2.45, 2.75) is 6.04 Å². The van der Waals surface area contributed by atoms with E-state index in [1.165, 1.54) is 0 Å². The molecule has 0 saturated heterocycles. The Hall–Kier alpha value is -1.88. The first kappa shape index (κ1) is 11.2. The summed E-state index contributed by atoms with van der Waals surface area (Å²) >= 11 is 0. The highest BCUT2D eigenvalue weighted by Gasteiger charge is 2.12. The lowest BCUT2D eigenvalue weighted by atomic mass is 10.2. The molecular formula is C10H12N2O3. The molecule has 1 aromatic carbocycles. The van der Waals surface area contributed by atoms with Crippen molar-refractivity contribution in [1.29, 1.82) is 0 Å². The number of rotatable bonds is 4. The number of carbonyl (C=O) groups excluding carboxylic acids is 1. The molecular weight excluding hydrogens is 196 g/mol. The van der Waals surface area contributed by atoms with Gasteiger partial charge in [0.05, 0.1) is 0 Å². The fourth-order valence-corrected chi connectivity index (χ4v) is 0.982. The Morgan fingerprint density at radius 2 is 1.93 bits per heavy atom. The highest BCUT2D eigenvalue weighted by molar-refractivity contribution is 5.94. The number of nitrogens with one attached hydrogen (secondary N) is 1. The van der Waals surface area contributed by atoms with Crippen molar-refractivity contribution in [2.75, 3.05) is 6.54 Å². The summed E-state index contributed by atoms with van der Waals surface area (Å²) in [5.41, 5.74) is 5.71. The van der Waals surface area contributed by atoms with Crippen molar-refractivity contribution >= 4 is 11.9 Å². The molecule has 0 fully saturated rings. The second-order valence-corrected chi connectivity index (χ2v) is 3.02. The van der Waals surface area contributed by atoms with E-state index in [0.717, 1.165) is 0 Å². The van der Waals surface area contributed by atoms with E-state index < -0.39 is 12.0 Å². The molecule has 0 heterocycles. The molecule has 0 radical (unpaired) electrons. The van der Waals surface area contributed by atoms with Crippen molar-refractivity contribution < 1.29 is 14.7 Å². The number of carboxylic acids is 1. The number of carbonyl (C=O) groups is 2. The molecule has 4 N–H and O–H groups in total. The van der Waals surface area contributed by atoms with Gasteiger partial charge in [0.25, 0.3) is 5.91 Å². The van der Waals surface area contributed by atoms with Crippen LogP contribution >= 0.6 is 0 Å². The first-order chi connectivity index (χ1) is 7.11. The van der Waals surface area contributed by atoms with E-state index in [1.807, 2.05) is 0 Å². The van der Waals surface area contributed by atoms with Crippen LogP contribution in [0.5, 0.6) is 0 Å². The van der Waals surface area contributed by atoms with Gasteiger partial charge in [0, 0.05) is 12.1 Å². The SMILES string of the molecule is NC(CNC(=O)c1ccccc1)C(=O)O. The summed E-state index contributed by atoms with van der Waals surface area (Å²) < 4.78 is 0. The molecule has 1 rings (SSSR count). The quantitative estimate of drug-likeness (QED) is 0.640. The summed E-state index contributed by atoms with van der Waals surface area (Å²) in [5, 5.41) is 10.9. The summed E-state index contributed by atoms with van der Waals surface area (Å²) in [6, 6.07) is 7.46. The zero-order valence-electron chi connectivity index (χ0n) is 8.01. The number of carboxylic acid groups (broad SMARTS) is 1. The minimum absolute atomic E-state index is 0.0803. The van der Waals surface area contributed by atoms with Gasteiger partial charge in [-0.05, 0) is 12.1 Å². The summed E-state index contributed by atoms with van der Waals surface area (Å²) in [5.74, 6) is -1.46. The minimum atomic E-state index is -1.14. The summed E-state index contributed by atoms with van der Waals surface area (Å²) in [6.07, 6.45) is 0. The fourth-order valence-electron chi connectivity index (χ4n) is 0.982. The van der Waals surface area contributed by atoms with Crippen molar-refractivity contribution in [3.8, 4) is 0 Å². The van der Waals surface area contributed by atoms with Crippen molar-refractivity contribution in [1.82, 2.24) is 5.32 Å². The molecule has 1 unspecified atom stereocenters. The van der Waals surface area contributed by atoms with Crippen LogP contribution in [0.3, 0.4) is 0 Å². The number of hydrogen-bond acceptors (Lipinski definition) is 3. The van der Waals surface area contributed by atoms with Gasteiger partial charge in [-0.2, -0.15) is 0 Å².